The van der Waals surface area contributed by atoms with Crippen molar-refractivity contribution in [3.8, 4) is 0 Å². The van der Waals surface area contributed by atoms with Gasteiger partial charge in [0.2, 0.25) is 6.10 Å². The Balaban J connectivity index is 2.02. The molecular formula is C17H26O4. The lowest BCUT2D eigenvalue weighted by Crippen LogP contribution is -2.37. The van der Waals surface area contributed by atoms with E-state index < -0.39 is 12.1 Å². The standard InChI is InChI=1S/C17H26O4/c1-10(2)13-7-5-11(3)9-15(13)21-17(19)16(18)14-8-6-12(4)20-14/h6,8,10-11,13,15-16,18H,5,7,9H2,1-4H3/t11-,13+,15-,16?/m1/s1. The van der Waals surface area contributed by atoms with Crippen molar-refractivity contribution in [2.75, 3.05) is 0 Å². The second-order valence-electron chi connectivity index (χ2n) is 6.65. The first kappa shape index (κ1) is 16.1. The number of hydrogen-bond acceptors (Lipinski definition) is 4. The third-order valence-corrected chi connectivity index (χ3v) is 4.48. The van der Waals surface area contributed by atoms with E-state index in [1.54, 1.807) is 19.1 Å². The molecule has 0 radical (unpaired) electrons. The fourth-order valence-electron chi connectivity index (χ4n) is 3.18. The van der Waals surface area contributed by atoms with Crippen LogP contribution in [0.4, 0.5) is 0 Å². The van der Waals surface area contributed by atoms with Gasteiger partial charge in [-0.1, -0.05) is 27.2 Å². The Bertz CT molecular complexity index is 477. The number of esters is 1. The van der Waals surface area contributed by atoms with Crippen LogP contribution < -0.4 is 0 Å². The molecule has 4 nitrogen and oxygen atoms in total. The van der Waals surface area contributed by atoms with Gasteiger partial charge in [0.1, 0.15) is 17.6 Å². The normalized spacial score (nSPS) is 27.6. The Morgan fingerprint density at radius 1 is 1.38 bits per heavy atom. The van der Waals surface area contributed by atoms with Crippen molar-refractivity contribution in [1.82, 2.24) is 0 Å². The first-order valence-corrected chi connectivity index (χ1v) is 7.83. The molecule has 0 spiro atoms. The fourth-order valence-corrected chi connectivity index (χ4v) is 3.18. The van der Waals surface area contributed by atoms with Gasteiger partial charge in [0.15, 0.2) is 0 Å². The summed E-state index contributed by atoms with van der Waals surface area (Å²) in [7, 11) is 0. The zero-order valence-electron chi connectivity index (χ0n) is 13.3. The van der Waals surface area contributed by atoms with Crippen molar-refractivity contribution in [3.63, 3.8) is 0 Å². The van der Waals surface area contributed by atoms with E-state index in [0.717, 1.165) is 12.8 Å². The number of aryl methyl sites for hydroxylation is 1. The van der Waals surface area contributed by atoms with E-state index in [1.807, 2.05) is 0 Å². The minimum Gasteiger partial charge on any atom is -0.463 e. The average molecular weight is 294 g/mol. The molecule has 0 bridgehead atoms. The quantitative estimate of drug-likeness (QED) is 0.862. The van der Waals surface area contributed by atoms with Crippen LogP contribution in [0.1, 0.15) is 57.7 Å². The van der Waals surface area contributed by atoms with Gasteiger partial charge in [-0.25, -0.2) is 4.79 Å². The molecule has 1 unspecified atom stereocenters. The molecule has 0 saturated heterocycles. The third-order valence-electron chi connectivity index (χ3n) is 4.48. The van der Waals surface area contributed by atoms with Crippen LogP contribution in [0, 0.1) is 24.7 Å². The lowest BCUT2D eigenvalue weighted by Gasteiger charge is -2.36. The van der Waals surface area contributed by atoms with E-state index in [-0.39, 0.29) is 11.9 Å². The summed E-state index contributed by atoms with van der Waals surface area (Å²) in [5.74, 6) is 1.72. The van der Waals surface area contributed by atoms with Crippen LogP contribution in [-0.4, -0.2) is 17.2 Å². The topological polar surface area (TPSA) is 59.7 Å². The van der Waals surface area contributed by atoms with Gasteiger partial charge in [-0.05, 0) is 49.7 Å². The van der Waals surface area contributed by atoms with Crippen LogP contribution in [-0.2, 0) is 9.53 Å². The van der Waals surface area contributed by atoms with E-state index in [4.69, 9.17) is 9.15 Å². The van der Waals surface area contributed by atoms with Gasteiger partial charge >= 0.3 is 5.97 Å². The maximum Gasteiger partial charge on any atom is 0.343 e. The van der Waals surface area contributed by atoms with Gasteiger partial charge in [-0.2, -0.15) is 0 Å². The number of carbonyl (C=O) groups is 1. The van der Waals surface area contributed by atoms with Gasteiger partial charge in [-0.15, -0.1) is 0 Å². The van der Waals surface area contributed by atoms with Gasteiger partial charge in [-0.3, -0.25) is 0 Å². The highest BCUT2D eigenvalue weighted by Crippen LogP contribution is 2.36. The van der Waals surface area contributed by atoms with Crippen LogP contribution in [0.5, 0.6) is 0 Å². The van der Waals surface area contributed by atoms with Gasteiger partial charge in [0.05, 0.1) is 0 Å². The Labute approximate surface area is 126 Å². The second kappa shape index (κ2) is 6.65. The van der Waals surface area contributed by atoms with Crippen molar-refractivity contribution < 1.29 is 19.1 Å². The second-order valence-corrected chi connectivity index (χ2v) is 6.65. The van der Waals surface area contributed by atoms with Crippen LogP contribution in [0.2, 0.25) is 0 Å². The number of furan rings is 1. The molecule has 1 heterocycles. The monoisotopic (exact) mass is 294 g/mol. The number of aliphatic hydroxyl groups excluding tert-OH is 1. The molecule has 1 aromatic rings. The molecule has 0 aromatic carbocycles. The van der Waals surface area contributed by atoms with Gasteiger partial charge < -0.3 is 14.3 Å². The molecular weight excluding hydrogens is 268 g/mol. The first-order valence-electron chi connectivity index (χ1n) is 7.83. The predicted molar refractivity (Wildman–Crippen MR) is 79.6 cm³/mol. The van der Waals surface area contributed by atoms with Crippen LogP contribution in [0.25, 0.3) is 0 Å². The molecule has 21 heavy (non-hydrogen) atoms. The van der Waals surface area contributed by atoms with Crippen LogP contribution >= 0.6 is 0 Å². The van der Waals surface area contributed by atoms with Crippen LogP contribution in [0.15, 0.2) is 16.5 Å². The van der Waals surface area contributed by atoms with Gasteiger partial charge in [0, 0.05) is 0 Å². The Morgan fingerprint density at radius 2 is 2.10 bits per heavy atom. The Kier molecular flexibility index (Phi) is 5.09. The summed E-state index contributed by atoms with van der Waals surface area (Å²) in [4.78, 5) is 12.2. The molecule has 1 fully saturated rings. The molecule has 1 aliphatic carbocycles. The van der Waals surface area contributed by atoms with E-state index in [1.165, 1.54) is 6.42 Å². The van der Waals surface area contributed by atoms with Gasteiger partial charge in [0.25, 0.3) is 0 Å². The molecule has 1 aliphatic rings. The maximum absolute atomic E-state index is 12.2. The number of ether oxygens (including phenoxy) is 1. The SMILES string of the molecule is Cc1ccc(C(O)C(=O)O[C@@H]2C[C@H](C)CC[C@H]2C(C)C)o1. The summed E-state index contributed by atoms with van der Waals surface area (Å²) in [5, 5.41) is 10.1. The fraction of sp³-hybridized carbons (Fsp3) is 0.706. The zero-order chi connectivity index (χ0) is 15.6. The van der Waals surface area contributed by atoms with E-state index in [0.29, 0.717) is 23.5 Å². The minimum absolute atomic E-state index is 0.105. The lowest BCUT2D eigenvalue weighted by atomic mass is 9.75. The Morgan fingerprint density at radius 3 is 2.67 bits per heavy atom. The zero-order valence-corrected chi connectivity index (χ0v) is 13.3. The predicted octanol–water partition coefficient (Wildman–Crippen LogP) is 3.63. The number of hydrogen-bond donors (Lipinski definition) is 1. The van der Waals surface area contributed by atoms with E-state index in [9.17, 15) is 9.90 Å². The summed E-state index contributed by atoms with van der Waals surface area (Å²) in [6.45, 7) is 8.28. The van der Waals surface area contributed by atoms with Crippen molar-refractivity contribution in [3.05, 3.63) is 23.7 Å². The van der Waals surface area contributed by atoms with E-state index in [2.05, 4.69) is 20.8 Å². The molecule has 118 valence electrons. The molecule has 1 saturated carbocycles. The molecule has 1 aromatic heterocycles. The van der Waals surface area contributed by atoms with Crippen molar-refractivity contribution >= 4 is 5.97 Å². The molecule has 2 rings (SSSR count). The highest BCUT2D eigenvalue weighted by atomic mass is 16.6. The molecule has 0 amide bonds. The largest absolute Gasteiger partial charge is 0.463 e. The molecule has 4 atom stereocenters. The van der Waals surface area contributed by atoms with Crippen molar-refractivity contribution in [2.24, 2.45) is 17.8 Å². The molecule has 1 N–H and O–H groups in total. The highest BCUT2D eigenvalue weighted by molar-refractivity contribution is 5.75. The summed E-state index contributed by atoms with van der Waals surface area (Å²) >= 11 is 0. The summed E-state index contributed by atoms with van der Waals surface area (Å²) in [5.41, 5.74) is 0. The highest BCUT2D eigenvalue weighted by Gasteiger charge is 2.35. The average Bonchev–Trinajstić information content (AvgIpc) is 2.84. The molecule has 4 heteroatoms. The third kappa shape index (κ3) is 3.88. The summed E-state index contributed by atoms with van der Waals surface area (Å²) < 4.78 is 10.9. The van der Waals surface area contributed by atoms with E-state index >= 15 is 0 Å². The number of rotatable bonds is 4. The number of carbonyl (C=O) groups excluding carboxylic acids is 1. The summed E-state index contributed by atoms with van der Waals surface area (Å²) in [6.07, 6.45) is 1.69. The smallest absolute Gasteiger partial charge is 0.343 e. The van der Waals surface area contributed by atoms with Crippen molar-refractivity contribution in [2.45, 2.75) is 59.2 Å². The molecule has 0 aliphatic heterocycles. The van der Waals surface area contributed by atoms with Crippen LogP contribution in [0.3, 0.4) is 0 Å². The lowest BCUT2D eigenvalue weighted by molar-refractivity contribution is -0.167. The maximum atomic E-state index is 12.2. The Hall–Kier alpha value is -1.29. The minimum atomic E-state index is -1.33. The summed E-state index contributed by atoms with van der Waals surface area (Å²) in [6, 6.07) is 3.34. The van der Waals surface area contributed by atoms with Crippen molar-refractivity contribution in [1.29, 1.82) is 0 Å². The number of aliphatic hydroxyl groups is 1. The first-order chi connectivity index (χ1) is 9.88.